The van der Waals surface area contributed by atoms with Gasteiger partial charge in [-0.15, -0.1) is 0 Å². The van der Waals surface area contributed by atoms with E-state index >= 15 is 0 Å². The molecule has 0 aliphatic carbocycles. The maximum Gasteiger partial charge on any atom is 0.314 e. The average molecular weight is 244 g/mol. The molecule has 2 N–H and O–H groups in total. The largest absolute Gasteiger partial charge is 0.326 e. The Morgan fingerprint density at radius 3 is 1.40 bits per heavy atom. The van der Waals surface area contributed by atoms with Gasteiger partial charge in [0.25, 0.3) is 0 Å². The Hall–Kier alpha value is 1.42. The van der Waals surface area contributed by atoms with Crippen molar-refractivity contribution in [3.8, 4) is 0 Å². The minimum absolute atomic E-state index is 0. The topological polar surface area (TPSA) is 57.5 Å². The van der Waals surface area contributed by atoms with Crippen LogP contribution in [0, 0.1) is 38.2 Å². The van der Waals surface area contributed by atoms with E-state index in [1.54, 1.807) is 0 Å². The van der Waals surface area contributed by atoms with Crippen LogP contribution >= 0.6 is 8.25 Å². The molecule has 0 aromatic heterocycles. The first kappa shape index (κ1) is 9.66. The Labute approximate surface area is 60.4 Å². The van der Waals surface area contributed by atoms with Gasteiger partial charge >= 0.3 is 8.25 Å². The van der Waals surface area contributed by atoms with E-state index in [0.29, 0.717) is 0 Å². The maximum absolute atomic E-state index is 8.74. The third-order valence-electron chi connectivity index (χ3n) is 0. The average Bonchev–Trinajstić information content (AvgIpc) is 0.811. The van der Waals surface area contributed by atoms with E-state index in [1.165, 1.54) is 0 Å². The van der Waals surface area contributed by atoms with Gasteiger partial charge in [0, 0.05) is 38.2 Å². The zero-order valence-corrected chi connectivity index (χ0v) is 5.15. The van der Waals surface area contributed by atoms with E-state index in [1.807, 2.05) is 0 Å². The fraction of sp³-hybridized carbons (Fsp3) is 0. The molecule has 0 heterocycles. The van der Waals surface area contributed by atoms with Gasteiger partial charge in [0.15, 0.2) is 0 Å². The van der Waals surface area contributed by atoms with Crippen molar-refractivity contribution in [3.05, 3.63) is 0 Å². The summed E-state index contributed by atoms with van der Waals surface area (Å²) in [4.78, 5) is 14.3. The van der Waals surface area contributed by atoms with Crippen LogP contribution in [0.2, 0.25) is 0 Å². The maximum atomic E-state index is 8.74. The summed E-state index contributed by atoms with van der Waals surface area (Å²) in [5, 5.41) is 0. The van der Waals surface area contributed by atoms with Crippen molar-refractivity contribution in [2.75, 3.05) is 0 Å². The Kier molecular flexibility index (Phi) is 10.5. The Balaban J connectivity index is 0. The van der Waals surface area contributed by atoms with E-state index < -0.39 is 8.25 Å². The Morgan fingerprint density at radius 1 is 1.40 bits per heavy atom. The van der Waals surface area contributed by atoms with Crippen LogP contribution in [0.3, 0.4) is 0 Å². The molecule has 0 atom stereocenters. The van der Waals surface area contributed by atoms with Gasteiger partial charge in [0.05, 0.1) is 0 Å². The molecule has 0 fully saturated rings. The smallest absolute Gasteiger partial charge is 0.314 e. The molecule has 0 spiro atoms. The van der Waals surface area contributed by atoms with Gasteiger partial charge in [-0.3, -0.25) is 4.57 Å². The van der Waals surface area contributed by atoms with E-state index in [2.05, 4.69) is 0 Å². The molecule has 0 amide bonds. The monoisotopic (exact) mass is 246 g/mol. The Morgan fingerprint density at radius 2 is 1.40 bits per heavy atom. The first-order valence-electron chi connectivity index (χ1n) is 0.651. The third kappa shape index (κ3) is 31.4. The molecule has 0 aliphatic rings. The van der Waals surface area contributed by atoms with Crippen molar-refractivity contribution in [1.29, 1.82) is 0 Å². The molecular weight excluding hydrogens is 241 g/mol. The van der Waals surface area contributed by atoms with Crippen molar-refractivity contribution in [2.24, 2.45) is 0 Å². The quantitative estimate of drug-likeness (QED) is 0.558. The summed E-state index contributed by atoms with van der Waals surface area (Å²) in [5.74, 6) is 0. The van der Waals surface area contributed by atoms with Crippen molar-refractivity contribution in [3.63, 3.8) is 0 Å². The minimum Gasteiger partial charge on any atom is -0.326 e. The number of hydrogen-bond acceptors (Lipinski definition) is 1. The second-order valence-electron chi connectivity index (χ2n) is 0.283. The van der Waals surface area contributed by atoms with Gasteiger partial charge in [-0.1, -0.05) is 0 Å². The molecule has 5 heavy (non-hydrogen) atoms. The summed E-state index contributed by atoms with van der Waals surface area (Å²) in [6.07, 6.45) is 0. The summed E-state index contributed by atoms with van der Waals surface area (Å²) in [5.41, 5.74) is 0. The fourth-order valence-corrected chi connectivity index (χ4v) is 0. The molecule has 0 aromatic rings. The predicted octanol–water partition coefficient (Wildman–Crippen LogP) is -0.639. The van der Waals surface area contributed by atoms with Crippen LogP contribution in [0.25, 0.3) is 0 Å². The fourth-order valence-electron chi connectivity index (χ4n) is 0. The molecule has 0 rings (SSSR count). The first-order chi connectivity index (χ1) is 1.73. The molecule has 3 nitrogen and oxygen atoms in total. The van der Waals surface area contributed by atoms with Crippen LogP contribution in [0.5, 0.6) is 0 Å². The van der Waals surface area contributed by atoms with Crippen LogP contribution in [0.1, 0.15) is 0 Å². The van der Waals surface area contributed by atoms with Crippen LogP contribution < -0.4 is 0 Å². The molecule has 0 aliphatic heterocycles. The van der Waals surface area contributed by atoms with Gasteiger partial charge < -0.3 is 9.79 Å². The zero-order chi connectivity index (χ0) is 3.58. The molecule has 0 saturated carbocycles. The number of rotatable bonds is 0. The Bertz CT molecular complexity index is 29.9. The van der Waals surface area contributed by atoms with Gasteiger partial charge in [0.2, 0.25) is 0 Å². The molecule has 0 saturated heterocycles. The molecule has 36 valence electrons. The van der Waals surface area contributed by atoms with Crippen molar-refractivity contribution in [1.82, 2.24) is 0 Å². The first-order valence-corrected chi connectivity index (χ1v) is 1.95. The van der Waals surface area contributed by atoms with Gasteiger partial charge in [0.1, 0.15) is 0 Å². The summed E-state index contributed by atoms with van der Waals surface area (Å²) in [6, 6.07) is 0. The van der Waals surface area contributed by atoms with Crippen LogP contribution in [0.4, 0.5) is 0 Å². The number of hydrogen-bond donors (Lipinski definition) is 2. The minimum atomic E-state index is -3.13. The predicted molar refractivity (Wildman–Crippen MR) is 13.4 cm³/mol. The normalized spacial score (nSPS) is 7.00. The van der Waals surface area contributed by atoms with Gasteiger partial charge in [-0.25, -0.2) is 0 Å². The summed E-state index contributed by atoms with van der Waals surface area (Å²) in [7, 11) is -3.13. The van der Waals surface area contributed by atoms with Crippen molar-refractivity contribution < 1.29 is 52.5 Å². The molecular formula is H3DyO3P. The van der Waals surface area contributed by atoms with Crippen LogP contribution in [-0.4, -0.2) is 9.79 Å². The molecule has 5 heteroatoms. The third-order valence-corrected chi connectivity index (χ3v) is 0. The van der Waals surface area contributed by atoms with E-state index in [4.69, 9.17) is 14.4 Å². The van der Waals surface area contributed by atoms with Crippen LogP contribution in [-0.2, 0) is 4.57 Å². The molecule has 0 unspecified atom stereocenters. The van der Waals surface area contributed by atoms with E-state index in [0.717, 1.165) is 0 Å². The van der Waals surface area contributed by atoms with Crippen LogP contribution in [0.15, 0.2) is 0 Å². The van der Waals surface area contributed by atoms with Gasteiger partial charge in [-0.2, -0.15) is 0 Å². The molecule has 0 aromatic carbocycles. The van der Waals surface area contributed by atoms with Crippen molar-refractivity contribution >= 4 is 8.25 Å². The van der Waals surface area contributed by atoms with Crippen molar-refractivity contribution in [2.45, 2.75) is 0 Å². The van der Waals surface area contributed by atoms with Gasteiger partial charge in [-0.05, 0) is 0 Å². The molecule has 0 radical (unpaired) electrons. The summed E-state index contributed by atoms with van der Waals surface area (Å²) < 4.78 is 8.74. The molecule has 0 bridgehead atoms. The SMILES string of the molecule is O=[PH](O)O.[Dy]. The summed E-state index contributed by atoms with van der Waals surface area (Å²) in [6.45, 7) is 0. The second kappa shape index (κ2) is 5.42. The van der Waals surface area contributed by atoms with E-state index in [-0.39, 0.29) is 38.2 Å². The second-order valence-corrected chi connectivity index (χ2v) is 0.848. The standard InChI is InChI=1S/Dy.H3O3P/c;1-4(2)3/h;4H,(H2,1,2,3). The summed E-state index contributed by atoms with van der Waals surface area (Å²) >= 11 is 0. The zero-order valence-electron chi connectivity index (χ0n) is 2.12. The van der Waals surface area contributed by atoms with E-state index in [9.17, 15) is 0 Å².